The summed E-state index contributed by atoms with van der Waals surface area (Å²) in [6.45, 7) is 1.91. The summed E-state index contributed by atoms with van der Waals surface area (Å²) >= 11 is 0. The second-order valence-corrected chi connectivity index (χ2v) is 4.28. The first kappa shape index (κ1) is 16.7. The van der Waals surface area contributed by atoms with E-state index in [1.807, 2.05) is 6.92 Å². The Kier molecular flexibility index (Phi) is 5.47. The van der Waals surface area contributed by atoms with Crippen LogP contribution in [0.15, 0.2) is 18.2 Å². The van der Waals surface area contributed by atoms with Gasteiger partial charge in [0.05, 0.1) is 11.7 Å². The molecular formula is C14H15F3N2O2. The van der Waals surface area contributed by atoms with Crippen LogP contribution in [-0.2, 0) is 0 Å². The second-order valence-electron chi connectivity index (χ2n) is 4.28. The van der Waals surface area contributed by atoms with Gasteiger partial charge in [-0.1, -0.05) is 19.3 Å². The van der Waals surface area contributed by atoms with Gasteiger partial charge in [-0.05, 0) is 24.6 Å². The van der Waals surface area contributed by atoms with Crippen LogP contribution in [0.4, 0.5) is 18.9 Å². The molecule has 1 aromatic rings. The standard InChI is InChI=1S/C14H15F3N2O2/c1-3-5-10(4-2)19-13(20)9-6-7-12(11(18)8-9)21-14(15,16)17/h2,6-8,10H,3,5,18H2,1H3,(H,19,20). The third-order valence-electron chi connectivity index (χ3n) is 2.58. The molecule has 1 atom stereocenters. The van der Waals surface area contributed by atoms with E-state index in [-0.39, 0.29) is 11.3 Å². The number of nitrogens with two attached hydrogens (primary N) is 1. The van der Waals surface area contributed by atoms with E-state index in [2.05, 4.69) is 16.0 Å². The van der Waals surface area contributed by atoms with Gasteiger partial charge in [-0.2, -0.15) is 0 Å². The fourth-order valence-corrected chi connectivity index (χ4v) is 1.63. The Bertz CT molecular complexity index is 550. The van der Waals surface area contributed by atoms with Gasteiger partial charge < -0.3 is 15.8 Å². The van der Waals surface area contributed by atoms with Crippen LogP contribution < -0.4 is 15.8 Å². The van der Waals surface area contributed by atoms with E-state index in [1.54, 1.807) is 0 Å². The number of nitrogens with one attached hydrogen (secondary N) is 1. The summed E-state index contributed by atoms with van der Waals surface area (Å²) in [5.41, 5.74) is 5.27. The first-order valence-electron chi connectivity index (χ1n) is 6.19. The number of hydrogen-bond donors (Lipinski definition) is 2. The summed E-state index contributed by atoms with van der Waals surface area (Å²) < 4.78 is 40.0. The van der Waals surface area contributed by atoms with E-state index >= 15 is 0 Å². The maximum absolute atomic E-state index is 12.1. The molecule has 1 rings (SSSR count). The van der Waals surface area contributed by atoms with Crippen LogP contribution in [0.3, 0.4) is 0 Å². The number of alkyl halides is 3. The predicted molar refractivity (Wildman–Crippen MR) is 72.5 cm³/mol. The lowest BCUT2D eigenvalue weighted by Crippen LogP contribution is -2.33. The van der Waals surface area contributed by atoms with Gasteiger partial charge in [-0.25, -0.2) is 0 Å². The molecular weight excluding hydrogens is 285 g/mol. The summed E-state index contributed by atoms with van der Waals surface area (Å²) in [7, 11) is 0. The molecule has 1 unspecified atom stereocenters. The van der Waals surface area contributed by atoms with Crippen LogP contribution in [0.5, 0.6) is 5.75 Å². The topological polar surface area (TPSA) is 64.3 Å². The van der Waals surface area contributed by atoms with Gasteiger partial charge >= 0.3 is 6.36 Å². The van der Waals surface area contributed by atoms with Gasteiger partial charge in [0.15, 0.2) is 5.75 Å². The molecule has 0 aliphatic heterocycles. The van der Waals surface area contributed by atoms with E-state index in [4.69, 9.17) is 12.2 Å². The molecule has 0 aliphatic carbocycles. The lowest BCUT2D eigenvalue weighted by atomic mass is 10.1. The quantitative estimate of drug-likeness (QED) is 0.649. The molecule has 4 nitrogen and oxygen atoms in total. The second kappa shape index (κ2) is 6.88. The molecule has 0 saturated carbocycles. The first-order chi connectivity index (χ1) is 9.76. The minimum atomic E-state index is -4.84. The Balaban J connectivity index is 2.84. The Morgan fingerprint density at radius 1 is 1.52 bits per heavy atom. The fraction of sp³-hybridized carbons (Fsp3) is 0.357. The molecule has 0 radical (unpaired) electrons. The number of carbonyl (C=O) groups is 1. The lowest BCUT2D eigenvalue weighted by Gasteiger charge is -2.14. The molecule has 0 aromatic heterocycles. The maximum Gasteiger partial charge on any atom is 0.573 e. The van der Waals surface area contributed by atoms with E-state index in [9.17, 15) is 18.0 Å². The molecule has 0 bridgehead atoms. The number of benzene rings is 1. The average molecular weight is 300 g/mol. The Morgan fingerprint density at radius 3 is 2.67 bits per heavy atom. The van der Waals surface area contributed by atoms with Crippen LogP contribution in [0.2, 0.25) is 0 Å². The predicted octanol–water partition coefficient (Wildman–Crippen LogP) is 2.70. The number of terminal acetylenes is 1. The monoisotopic (exact) mass is 300 g/mol. The van der Waals surface area contributed by atoms with E-state index in [0.717, 1.165) is 18.6 Å². The van der Waals surface area contributed by atoms with Crippen molar-refractivity contribution in [3.63, 3.8) is 0 Å². The third-order valence-corrected chi connectivity index (χ3v) is 2.58. The van der Waals surface area contributed by atoms with Crippen LogP contribution in [-0.4, -0.2) is 18.3 Å². The molecule has 0 heterocycles. The number of hydrogen-bond acceptors (Lipinski definition) is 3. The average Bonchev–Trinajstić information content (AvgIpc) is 2.39. The minimum Gasteiger partial charge on any atom is -0.404 e. The zero-order valence-electron chi connectivity index (χ0n) is 11.3. The van der Waals surface area contributed by atoms with Gasteiger partial charge in [0.25, 0.3) is 5.91 Å². The molecule has 1 amide bonds. The summed E-state index contributed by atoms with van der Waals surface area (Å²) in [6.07, 6.45) is 1.83. The number of ether oxygens (including phenoxy) is 1. The van der Waals surface area contributed by atoms with Gasteiger partial charge in [-0.3, -0.25) is 4.79 Å². The van der Waals surface area contributed by atoms with Crippen LogP contribution in [0.1, 0.15) is 30.1 Å². The number of rotatable bonds is 5. The van der Waals surface area contributed by atoms with Crippen molar-refractivity contribution >= 4 is 11.6 Å². The lowest BCUT2D eigenvalue weighted by molar-refractivity contribution is -0.274. The molecule has 114 valence electrons. The summed E-state index contributed by atoms with van der Waals surface area (Å²) in [5.74, 6) is 1.37. The Labute approximate surface area is 120 Å². The highest BCUT2D eigenvalue weighted by Crippen LogP contribution is 2.28. The van der Waals surface area contributed by atoms with Crippen molar-refractivity contribution < 1.29 is 22.7 Å². The van der Waals surface area contributed by atoms with Crippen LogP contribution in [0, 0.1) is 12.3 Å². The molecule has 7 heteroatoms. The Morgan fingerprint density at radius 2 is 2.19 bits per heavy atom. The SMILES string of the molecule is C#CC(CCC)NC(=O)c1ccc(OC(F)(F)F)c(N)c1. The zero-order valence-corrected chi connectivity index (χ0v) is 11.3. The summed E-state index contributed by atoms with van der Waals surface area (Å²) in [4.78, 5) is 11.9. The number of anilines is 1. The van der Waals surface area contributed by atoms with Gasteiger partial charge in [0, 0.05) is 5.56 Å². The molecule has 0 aliphatic rings. The van der Waals surface area contributed by atoms with Crippen molar-refractivity contribution in [2.45, 2.75) is 32.2 Å². The van der Waals surface area contributed by atoms with Crippen molar-refractivity contribution in [3.05, 3.63) is 23.8 Å². The smallest absolute Gasteiger partial charge is 0.404 e. The molecule has 3 N–H and O–H groups in total. The number of carbonyl (C=O) groups excluding carboxylic acids is 1. The van der Waals surface area contributed by atoms with E-state index < -0.39 is 24.1 Å². The van der Waals surface area contributed by atoms with Crippen LogP contribution in [0.25, 0.3) is 0 Å². The first-order valence-corrected chi connectivity index (χ1v) is 6.19. The van der Waals surface area contributed by atoms with E-state index in [1.165, 1.54) is 6.07 Å². The largest absolute Gasteiger partial charge is 0.573 e. The Hall–Kier alpha value is -2.36. The highest BCUT2D eigenvalue weighted by Gasteiger charge is 2.32. The third kappa shape index (κ3) is 5.26. The molecule has 21 heavy (non-hydrogen) atoms. The minimum absolute atomic E-state index is 0.110. The maximum atomic E-state index is 12.1. The zero-order chi connectivity index (χ0) is 16.0. The van der Waals surface area contributed by atoms with Crippen molar-refractivity contribution in [1.82, 2.24) is 5.32 Å². The number of amides is 1. The van der Waals surface area contributed by atoms with Crippen molar-refractivity contribution in [3.8, 4) is 18.1 Å². The summed E-state index contributed by atoms with van der Waals surface area (Å²) in [6, 6.07) is 2.85. The summed E-state index contributed by atoms with van der Waals surface area (Å²) in [5, 5.41) is 2.59. The highest BCUT2D eigenvalue weighted by atomic mass is 19.4. The normalized spacial score (nSPS) is 12.3. The highest BCUT2D eigenvalue weighted by molar-refractivity contribution is 5.95. The van der Waals surface area contributed by atoms with Gasteiger partial charge in [0.1, 0.15) is 0 Å². The fourth-order valence-electron chi connectivity index (χ4n) is 1.63. The number of halogens is 3. The van der Waals surface area contributed by atoms with Crippen molar-refractivity contribution in [1.29, 1.82) is 0 Å². The molecule has 0 fully saturated rings. The van der Waals surface area contributed by atoms with Crippen LogP contribution >= 0.6 is 0 Å². The molecule has 0 spiro atoms. The number of nitrogen functional groups attached to an aromatic ring is 1. The van der Waals surface area contributed by atoms with E-state index in [0.29, 0.717) is 6.42 Å². The van der Waals surface area contributed by atoms with Gasteiger partial charge in [0.2, 0.25) is 0 Å². The molecule has 1 aromatic carbocycles. The van der Waals surface area contributed by atoms with Gasteiger partial charge in [-0.15, -0.1) is 19.6 Å². The van der Waals surface area contributed by atoms with Crippen molar-refractivity contribution in [2.75, 3.05) is 5.73 Å². The molecule has 0 saturated heterocycles. The van der Waals surface area contributed by atoms with Crippen molar-refractivity contribution in [2.24, 2.45) is 0 Å².